The first-order valence-corrected chi connectivity index (χ1v) is 30.2. The van der Waals surface area contributed by atoms with E-state index >= 15 is 0 Å². The molecule has 1 rings (SSSR count). The minimum Gasteiger partial charge on any atom is -0.790 e. The summed E-state index contributed by atoms with van der Waals surface area (Å²) in [6.45, 7) is 6.28. The molecule has 412 valence electrons. The zero-order valence-electron chi connectivity index (χ0n) is 44.6. The van der Waals surface area contributed by atoms with Gasteiger partial charge in [-0.3, -0.25) is 9.59 Å². The molecule has 16 nitrogen and oxygen atoms in total. The highest BCUT2D eigenvalue weighted by molar-refractivity contribution is 7.43. The van der Waals surface area contributed by atoms with Crippen molar-refractivity contribution in [2.24, 2.45) is 23.7 Å². The number of unbranched alkanes of at least 4 members (excludes halogenated alkanes) is 15. The normalized spacial score (nSPS) is 18.9. The monoisotopic (exact) mass is 1030 g/mol. The molecule has 0 saturated carbocycles. The fourth-order valence-corrected chi connectivity index (χ4v) is 10.7. The van der Waals surface area contributed by atoms with Gasteiger partial charge in [0.15, 0.2) is 0 Å². The highest BCUT2D eigenvalue weighted by atomic mass is 31.2. The lowest BCUT2D eigenvalue weighted by molar-refractivity contribution is -0.893. The fourth-order valence-electron chi connectivity index (χ4n) is 10.0. The van der Waals surface area contributed by atoms with Crippen molar-refractivity contribution in [3.8, 4) is 0 Å². The van der Waals surface area contributed by atoms with Crippen LogP contribution in [0.2, 0.25) is 0 Å². The number of aliphatic hydroxyl groups is 2. The Balaban J connectivity index is 2.55. The first-order valence-electron chi connectivity index (χ1n) is 27.3. The number of nitrogens with zero attached hydrogens (tertiary/aromatic N) is 2. The number of phosphoric ester groups is 2. The molecule has 0 aliphatic heterocycles. The molecule has 0 aromatic rings. The SMILES string of the molecule is CCCCCCC1C=CC(CCCCCCCC(=O)NCCC[N+](C)(C)CC(O)COP(=O)([O-])[O-])C(/C=C\CCCCCCCC(=O)NCCC[N+](C)(C)CC(O)COP(=O)([O-])[O-])C1CCCCCC. The number of carbonyl (C=O) groups excluding carboxylic acids is 2. The number of hydrogen-bond acceptors (Lipinski definition) is 12. The van der Waals surface area contributed by atoms with Crippen LogP contribution >= 0.6 is 15.6 Å². The summed E-state index contributed by atoms with van der Waals surface area (Å²) in [7, 11) is -2.66. The van der Waals surface area contributed by atoms with Gasteiger partial charge >= 0.3 is 0 Å². The molecular weight excluding hydrogens is 935 g/mol. The van der Waals surface area contributed by atoms with Crippen LogP contribution in [0.5, 0.6) is 0 Å². The molecule has 0 aromatic heterocycles. The Kier molecular flexibility index (Phi) is 36.2. The maximum atomic E-state index is 12.5. The van der Waals surface area contributed by atoms with Gasteiger partial charge in [0.05, 0.1) is 70.1 Å². The molecule has 0 spiro atoms. The molecule has 70 heavy (non-hydrogen) atoms. The Morgan fingerprint density at radius 2 is 0.986 bits per heavy atom. The van der Waals surface area contributed by atoms with E-state index in [2.05, 4.69) is 57.8 Å². The third kappa shape index (κ3) is 37.2. The van der Waals surface area contributed by atoms with Gasteiger partial charge in [0.2, 0.25) is 11.8 Å². The Bertz CT molecular complexity index is 1520. The summed E-state index contributed by atoms with van der Waals surface area (Å²) in [5.41, 5.74) is 0. The van der Waals surface area contributed by atoms with Crippen molar-refractivity contribution in [1.82, 2.24) is 10.6 Å². The summed E-state index contributed by atoms with van der Waals surface area (Å²) >= 11 is 0. The zero-order chi connectivity index (χ0) is 52.3. The van der Waals surface area contributed by atoms with E-state index in [0.717, 1.165) is 57.8 Å². The molecule has 18 heteroatoms. The van der Waals surface area contributed by atoms with Crippen LogP contribution in [-0.4, -0.2) is 124 Å². The molecule has 4 N–H and O–H groups in total. The Hall–Kier alpha value is -1.52. The quantitative estimate of drug-likeness (QED) is 0.0220. The predicted molar refractivity (Wildman–Crippen MR) is 272 cm³/mol. The second-order valence-corrected chi connectivity index (χ2v) is 23.9. The van der Waals surface area contributed by atoms with Gasteiger partial charge in [-0.15, -0.1) is 0 Å². The number of phosphoric acid groups is 2. The number of carbonyl (C=O) groups is 2. The van der Waals surface area contributed by atoms with Gasteiger partial charge in [-0.25, -0.2) is 0 Å². The maximum absolute atomic E-state index is 12.5. The molecular formula is C52H100N4O12P2-2. The molecule has 0 aromatic carbocycles. The number of amides is 2. The lowest BCUT2D eigenvalue weighted by atomic mass is 9.66. The van der Waals surface area contributed by atoms with Gasteiger partial charge in [0, 0.05) is 38.8 Å². The van der Waals surface area contributed by atoms with Gasteiger partial charge in [-0.1, -0.05) is 134 Å². The molecule has 0 heterocycles. The summed E-state index contributed by atoms with van der Waals surface area (Å²) < 4.78 is 30.6. The van der Waals surface area contributed by atoms with Crippen molar-refractivity contribution in [1.29, 1.82) is 0 Å². The number of hydrogen-bond donors (Lipinski definition) is 4. The van der Waals surface area contributed by atoms with E-state index in [0.29, 0.717) is 84.5 Å². The van der Waals surface area contributed by atoms with Gasteiger partial charge in [0.25, 0.3) is 0 Å². The third-order valence-corrected chi connectivity index (χ3v) is 14.7. The summed E-state index contributed by atoms with van der Waals surface area (Å²) in [5.74, 6) is 2.56. The largest absolute Gasteiger partial charge is 0.790 e. The summed E-state index contributed by atoms with van der Waals surface area (Å²) in [6, 6.07) is 0. The summed E-state index contributed by atoms with van der Waals surface area (Å²) in [4.78, 5) is 67.7. The predicted octanol–water partition coefficient (Wildman–Crippen LogP) is 6.56. The number of quaternary nitrogens is 2. The van der Waals surface area contributed by atoms with Crippen molar-refractivity contribution in [2.45, 2.75) is 193 Å². The average Bonchev–Trinajstić information content (AvgIpc) is 3.27. The zero-order valence-corrected chi connectivity index (χ0v) is 46.4. The number of nitrogens with one attached hydrogen (secondary N) is 2. The van der Waals surface area contributed by atoms with E-state index in [-0.39, 0.29) is 24.9 Å². The summed E-state index contributed by atoms with van der Waals surface area (Å²) in [5, 5.41) is 26.1. The second kappa shape index (κ2) is 38.1. The molecule has 6 unspecified atom stereocenters. The van der Waals surface area contributed by atoms with Gasteiger partial charge in [0.1, 0.15) is 25.3 Å². The molecule has 0 radical (unpaired) electrons. The lowest BCUT2D eigenvalue weighted by Gasteiger charge is -2.39. The highest BCUT2D eigenvalue weighted by Crippen LogP contribution is 2.43. The molecule has 1 aliphatic carbocycles. The topological polar surface area (TPSA) is 243 Å². The number of aliphatic hydroxyl groups excluding tert-OH is 2. The van der Waals surface area contributed by atoms with E-state index in [9.17, 15) is 48.5 Å². The van der Waals surface area contributed by atoms with Crippen molar-refractivity contribution in [3.63, 3.8) is 0 Å². The minimum absolute atomic E-state index is 0.0463. The van der Waals surface area contributed by atoms with E-state index in [1.54, 1.807) is 0 Å². The van der Waals surface area contributed by atoms with Crippen LogP contribution in [0.4, 0.5) is 0 Å². The van der Waals surface area contributed by atoms with Crippen molar-refractivity contribution in [3.05, 3.63) is 24.3 Å². The van der Waals surface area contributed by atoms with E-state index in [1.165, 1.54) is 83.5 Å². The first-order chi connectivity index (χ1) is 33.1. The number of allylic oxidation sites excluding steroid dienone is 4. The van der Waals surface area contributed by atoms with E-state index < -0.39 is 41.1 Å². The Labute approximate surface area is 424 Å². The van der Waals surface area contributed by atoms with Crippen LogP contribution in [0.15, 0.2) is 24.3 Å². The van der Waals surface area contributed by atoms with Crippen LogP contribution in [0, 0.1) is 23.7 Å². The standard InChI is InChI=1S/C52H102N4O12P2/c1-7-9-11-21-29-45-35-36-46(30-22-17-16-20-26-34-52(60)54-38-28-40-56(5,6)42-48(58)44-68-70(64,65)66)50(49(45)31-23-12-10-8-2)32-24-18-14-13-15-19-25-33-51(59)53-37-27-39-55(3,4)41-47(57)43-67-69(61,62)63/h24,32,35-36,45-50,57-58H,7-23,25-31,33-34,37-44H2,1-6H3,(H4-2,53,54,59,60,61,62,63,64,65,66)/p-2/b32-24-. The van der Waals surface area contributed by atoms with E-state index in [1.807, 2.05) is 28.2 Å². The van der Waals surface area contributed by atoms with E-state index in [4.69, 9.17) is 0 Å². The lowest BCUT2D eigenvalue weighted by Crippen LogP contribution is -2.48. The van der Waals surface area contributed by atoms with Crippen LogP contribution in [0.3, 0.4) is 0 Å². The van der Waals surface area contributed by atoms with Gasteiger partial charge < -0.3 is 67.6 Å². The third-order valence-electron chi connectivity index (χ3n) is 13.8. The Morgan fingerprint density at radius 1 is 0.586 bits per heavy atom. The van der Waals surface area contributed by atoms with Crippen LogP contribution in [-0.2, 0) is 27.8 Å². The van der Waals surface area contributed by atoms with Crippen LogP contribution in [0.25, 0.3) is 0 Å². The molecule has 1 aliphatic rings. The molecule has 0 bridgehead atoms. The molecule has 6 atom stereocenters. The Morgan fingerprint density at radius 3 is 1.46 bits per heavy atom. The second-order valence-electron chi connectivity index (χ2n) is 21.6. The van der Waals surface area contributed by atoms with Crippen molar-refractivity contribution < 1.29 is 66.5 Å². The van der Waals surface area contributed by atoms with Crippen molar-refractivity contribution >= 4 is 27.5 Å². The van der Waals surface area contributed by atoms with Crippen LogP contribution < -0.4 is 30.2 Å². The van der Waals surface area contributed by atoms with Gasteiger partial charge in [-0.2, -0.15) is 0 Å². The maximum Gasteiger partial charge on any atom is 0.219 e. The first kappa shape index (κ1) is 66.5. The fraction of sp³-hybridized carbons (Fsp3) is 0.885. The number of likely N-dealkylation sites (N-methyl/N-ethyl adjacent to an activating group) is 2. The summed E-state index contributed by atoms with van der Waals surface area (Å²) in [6.07, 6.45) is 36.4. The van der Waals surface area contributed by atoms with Crippen molar-refractivity contribution in [2.75, 3.05) is 80.7 Å². The van der Waals surface area contributed by atoms with Gasteiger partial charge in [-0.05, 0) is 68.6 Å². The van der Waals surface area contributed by atoms with Crippen LogP contribution in [0.1, 0.15) is 181 Å². The average molecular weight is 1040 g/mol. The number of rotatable bonds is 45. The smallest absolute Gasteiger partial charge is 0.219 e. The highest BCUT2D eigenvalue weighted by Gasteiger charge is 2.34. The molecule has 2 amide bonds. The molecule has 0 fully saturated rings. The minimum atomic E-state index is -5.12. The molecule has 0 saturated heterocycles.